The number of imidazole rings is 1. The Morgan fingerprint density at radius 3 is 2.55 bits per heavy atom. The molecule has 0 aromatic carbocycles. The molecule has 1 unspecified atom stereocenters. The van der Waals surface area contributed by atoms with E-state index in [1.807, 2.05) is 13.1 Å². The van der Waals surface area contributed by atoms with E-state index in [1.165, 1.54) is 6.26 Å². The van der Waals surface area contributed by atoms with Crippen molar-refractivity contribution >= 4 is 9.84 Å². The van der Waals surface area contributed by atoms with E-state index in [0.29, 0.717) is 6.42 Å². The number of aryl methyl sites for hydroxylation is 1. The first-order valence-electron chi connectivity index (χ1n) is 7.17. The average molecular weight is 301 g/mol. The van der Waals surface area contributed by atoms with Gasteiger partial charge < -0.3 is 9.88 Å². The summed E-state index contributed by atoms with van der Waals surface area (Å²) >= 11 is 0. The topological polar surface area (TPSA) is 64.0 Å². The molecular formula is C14H27N3O2S. The Balaban J connectivity index is 3.01. The number of nitrogens with zero attached hydrogens (tertiary/aromatic N) is 2. The number of sulfone groups is 1. The molecule has 0 saturated heterocycles. The molecule has 6 heteroatoms. The largest absolute Gasteiger partial charge is 0.335 e. The minimum Gasteiger partial charge on any atom is -0.335 e. The standard InChI is InChI=1S/C14H27N3O2S/c1-6-9-17-10-8-16-13(17)11-12(15-7-2)14(3,4)20(5,18)19/h8,10,12,15H,6-7,9,11H2,1-5H3. The summed E-state index contributed by atoms with van der Waals surface area (Å²) in [5, 5.41) is 3.30. The van der Waals surface area contributed by atoms with Crippen LogP contribution in [0.5, 0.6) is 0 Å². The summed E-state index contributed by atoms with van der Waals surface area (Å²) in [6.45, 7) is 9.31. The van der Waals surface area contributed by atoms with E-state index in [1.54, 1.807) is 20.0 Å². The number of likely N-dealkylation sites (N-methyl/N-ethyl adjacent to an activating group) is 1. The van der Waals surface area contributed by atoms with E-state index < -0.39 is 14.6 Å². The van der Waals surface area contributed by atoms with E-state index in [0.717, 1.165) is 25.3 Å². The Kier molecular flexibility index (Phi) is 5.77. The zero-order valence-electron chi connectivity index (χ0n) is 13.2. The number of aromatic nitrogens is 2. The summed E-state index contributed by atoms with van der Waals surface area (Å²) in [4.78, 5) is 4.38. The maximum atomic E-state index is 12.0. The lowest BCUT2D eigenvalue weighted by Gasteiger charge is -2.33. The third kappa shape index (κ3) is 3.82. The number of hydrogen-bond donors (Lipinski definition) is 1. The lowest BCUT2D eigenvalue weighted by molar-refractivity contribution is 0.402. The molecule has 0 aliphatic heterocycles. The smallest absolute Gasteiger partial charge is 0.154 e. The molecule has 1 rings (SSSR count). The molecule has 1 aromatic heterocycles. The van der Waals surface area contributed by atoms with Gasteiger partial charge in [0.25, 0.3) is 0 Å². The molecule has 116 valence electrons. The maximum absolute atomic E-state index is 12.0. The summed E-state index contributed by atoms with van der Waals surface area (Å²) < 4.78 is 25.4. The third-order valence-electron chi connectivity index (χ3n) is 3.90. The van der Waals surface area contributed by atoms with Crippen LogP contribution < -0.4 is 5.32 Å². The van der Waals surface area contributed by atoms with Crippen molar-refractivity contribution in [2.24, 2.45) is 0 Å². The van der Waals surface area contributed by atoms with E-state index in [-0.39, 0.29) is 6.04 Å². The van der Waals surface area contributed by atoms with Crippen molar-refractivity contribution in [1.29, 1.82) is 0 Å². The van der Waals surface area contributed by atoms with Crippen LogP contribution in [0.1, 0.15) is 39.9 Å². The van der Waals surface area contributed by atoms with Crippen LogP contribution in [0.15, 0.2) is 12.4 Å². The fourth-order valence-corrected chi connectivity index (χ4v) is 2.91. The predicted octanol–water partition coefficient (Wildman–Crippen LogP) is 1.64. The van der Waals surface area contributed by atoms with Gasteiger partial charge in [0.2, 0.25) is 0 Å². The lowest BCUT2D eigenvalue weighted by atomic mass is 9.99. The van der Waals surface area contributed by atoms with Crippen LogP contribution in [0.3, 0.4) is 0 Å². The molecule has 1 atom stereocenters. The van der Waals surface area contributed by atoms with Gasteiger partial charge in [-0.1, -0.05) is 13.8 Å². The van der Waals surface area contributed by atoms with Crippen molar-refractivity contribution in [3.8, 4) is 0 Å². The minimum absolute atomic E-state index is 0.152. The highest BCUT2D eigenvalue weighted by Gasteiger charge is 2.39. The van der Waals surface area contributed by atoms with Gasteiger partial charge in [0, 0.05) is 37.7 Å². The van der Waals surface area contributed by atoms with Crippen molar-refractivity contribution in [2.75, 3.05) is 12.8 Å². The first-order chi connectivity index (χ1) is 9.24. The Hall–Kier alpha value is -0.880. The van der Waals surface area contributed by atoms with Crippen LogP contribution in [0.2, 0.25) is 0 Å². The van der Waals surface area contributed by atoms with Crippen LogP contribution in [0, 0.1) is 0 Å². The van der Waals surface area contributed by atoms with Crippen molar-refractivity contribution in [1.82, 2.24) is 14.9 Å². The zero-order chi connectivity index (χ0) is 15.4. The van der Waals surface area contributed by atoms with Gasteiger partial charge in [0.05, 0.1) is 4.75 Å². The highest BCUT2D eigenvalue weighted by molar-refractivity contribution is 7.92. The summed E-state index contributed by atoms with van der Waals surface area (Å²) in [7, 11) is -3.15. The molecule has 1 aromatic rings. The molecule has 1 N–H and O–H groups in total. The van der Waals surface area contributed by atoms with Crippen LogP contribution >= 0.6 is 0 Å². The Morgan fingerprint density at radius 1 is 1.40 bits per heavy atom. The van der Waals surface area contributed by atoms with Gasteiger partial charge >= 0.3 is 0 Å². The normalized spacial score (nSPS) is 14.4. The van der Waals surface area contributed by atoms with Crippen LogP contribution in [-0.2, 0) is 22.8 Å². The molecule has 20 heavy (non-hydrogen) atoms. The van der Waals surface area contributed by atoms with Crippen molar-refractivity contribution in [2.45, 2.75) is 57.9 Å². The number of rotatable bonds is 8. The molecule has 0 radical (unpaired) electrons. The van der Waals surface area contributed by atoms with Gasteiger partial charge in [-0.15, -0.1) is 0 Å². The van der Waals surface area contributed by atoms with Gasteiger partial charge in [-0.25, -0.2) is 13.4 Å². The molecule has 0 aliphatic carbocycles. The van der Waals surface area contributed by atoms with Gasteiger partial charge in [-0.2, -0.15) is 0 Å². The number of hydrogen-bond acceptors (Lipinski definition) is 4. The van der Waals surface area contributed by atoms with E-state index in [9.17, 15) is 8.42 Å². The molecule has 0 fully saturated rings. The maximum Gasteiger partial charge on any atom is 0.154 e. The van der Waals surface area contributed by atoms with Gasteiger partial charge in [-0.05, 0) is 26.8 Å². The van der Waals surface area contributed by atoms with Crippen molar-refractivity contribution < 1.29 is 8.42 Å². The quantitative estimate of drug-likeness (QED) is 0.793. The van der Waals surface area contributed by atoms with Crippen molar-refractivity contribution in [3.05, 3.63) is 18.2 Å². The van der Waals surface area contributed by atoms with Crippen molar-refractivity contribution in [3.63, 3.8) is 0 Å². The minimum atomic E-state index is -3.15. The fraction of sp³-hybridized carbons (Fsp3) is 0.786. The highest BCUT2D eigenvalue weighted by Crippen LogP contribution is 2.23. The predicted molar refractivity (Wildman–Crippen MR) is 82.6 cm³/mol. The third-order valence-corrected chi connectivity index (χ3v) is 6.09. The second kappa shape index (κ2) is 6.72. The molecular weight excluding hydrogens is 274 g/mol. The van der Waals surface area contributed by atoms with E-state index in [2.05, 4.69) is 21.8 Å². The highest BCUT2D eigenvalue weighted by atomic mass is 32.2. The van der Waals surface area contributed by atoms with Crippen LogP contribution in [-0.4, -0.2) is 41.6 Å². The molecule has 0 bridgehead atoms. The summed E-state index contributed by atoms with van der Waals surface area (Å²) in [5.41, 5.74) is 0. The monoisotopic (exact) mass is 301 g/mol. The molecule has 0 spiro atoms. The summed E-state index contributed by atoms with van der Waals surface area (Å²) in [6.07, 6.45) is 6.68. The summed E-state index contributed by atoms with van der Waals surface area (Å²) in [5.74, 6) is 0.939. The van der Waals surface area contributed by atoms with Gasteiger partial charge in [0.1, 0.15) is 5.82 Å². The van der Waals surface area contributed by atoms with Gasteiger partial charge in [-0.3, -0.25) is 0 Å². The Morgan fingerprint density at radius 2 is 2.05 bits per heavy atom. The second-order valence-corrected chi connectivity index (χ2v) is 8.32. The van der Waals surface area contributed by atoms with Crippen LogP contribution in [0.25, 0.3) is 0 Å². The molecule has 5 nitrogen and oxygen atoms in total. The Labute approximate surface area is 122 Å². The number of nitrogens with one attached hydrogen (secondary N) is 1. The lowest BCUT2D eigenvalue weighted by Crippen LogP contribution is -2.52. The fourth-order valence-electron chi connectivity index (χ4n) is 2.23. The molecule has 1 heterocycles. The molecule has 0 aliphatic rings. The summed E-state index contributed by atoms with van der Waals surface area (Å²) in [6, 6.07) is -0.152. The Bertz CT molecular complexity index is 520. The molecule has 0 amide bonds. The van der Waals surface area contributed by atoms with E-state index in [4.69, 9.17) is 0 Å². The van der Waals surface area contributed by atoms with Crippen LogP contribution in [0.4, 0.5) is 0 Å². The zero-order valence-corrected chi connectivity index (χ0v) is 14.0. The molecule has 0 saturated carbocycles. The first kappa shape index (κ1) is 17.2. The average Bonchev–Trinajstić information content (AvgIpc) is 2.75. The SMILES string of the molecule is CCCn1ccnc1CC(NCC)C(C)(C)S(C)(=O)=O. The van der Waals surface area contributed by atoms with Gasteiger partial charge in [0.15, 0.2) is 9.84 Å². The van der Waals surface area contributed by atoms with E-state index >= 15 is 0 Å². The second-order valence-electron chi connectivity index (χ2n) is 5.73. The first-order valence-corrected chi connectivity index (χ1v) is 9.06.